The van der Waals surface area contributed by atoms with E-state index in [2.05, 4.69) is 40.4 Å². The molecule has 0 unspecified atom stereocenters. The van der Waals surface area contributed by atoms with Crippen LogP contribution in [-0.4, -0.2) is 53.8 Å². The SMILES string of the molecule is C=C[C@@H](C)[C@H](O)[C@@H](CCO[Si](C)(C)C(C)(C)C)N(C(=O)O)C(C)(C)C. The van der Waals surface area contributed by atoms with Gasteiger partial charge in [-0.2, -0.15) is 0 Å². The Morgan fingerprint density at radius 3 is 2.04 bits per heavy atom. The maximum Gasteiger partial charge on any atom is 0.408 e. The fourth-order valence-electron chi connectivity index (χ4n) is 2.52. The van der Waals surface area contributed by atoms with Crippen LogP contribution in [-0.2, 0) is 4.43 Å². The number of carbonyl (C=O) groups is 1. The zero-order valence-electron chi connectivity index (χ0n) is 17.6. The van der Waals surface area contributed by atoms with Crippen molar-refractivity contribution in [3.63, 3.8) is 0 Å². The zero-order chi connectivity index (χ0) is 20.2. The number of amides is 1. The van der Waals surface area contributed by atoms with Crippen molar-refractivity contribution in [2.45, 2.75) is 90.7 Å². The summed E-state index contributed by atoms with van der Waals surface area (Å²) < 4.78 is 6.21. The molecule has 0 bridgehead atoms. The van der Waals surface area contributed by atoms with Gasteiger partial charge in [-0.1, -0.05) is 33.8 Å². The molecule has 0 aromatic heterocycles. The maximum absolute atomic E-state index is 11.9. The van der Waals surface area contributed by atoms with Crippen LogP contribution in [0.2, 0.25) is 18.1 Å². The summed E-state index contributed by atoms with van der Waals surface area (Å²) in [7, 11) is -1.92. The van der Waals surface area contributed by atoms with E-state index in [-0.39, 0.29) is 11.0 Å². The number of hydrogen-bond donors (Lipinski definition) is 2. The molecule has 6 heteroatoms. The van der Waals surface area contributed by atoms with Gasteiger partial charge in [0.05, 0.1) is 12.1 Å². The zero-order valence-corrected chi connectivity index (χ0v) is 18.6. The van der Waals surface area contributed by atoms with Crippen molar-refractivity contribution >= 4 is 14.4 Å². The predicted molar refractivity (Wildman–Crippen MR) is 107 cm³/mol. The Morgan fingerprint density at radius 1 is 1.24 bits per heavy atom. The van der Waals surface area contributed by atoms with Crippen LogP contribution < -0.4 is 0 Å². The Labute approximate surface area is 155 Å². The maximum atomic E-state index is 11.9. The molecule has 25 heavy (non-hydrogen) atoms. The fraction of sp³-hybridized carbons (Fsp3) is 0.842. The highest BCUT2D eigenvalue weighted by Gasteiger charge is 2.40. The first-order valence-electron chi connectivity index (χ1n) is 9.03. The van der Waals surface area contributed by atoms with Gasteiger partial charge in [0.1, 0.15) is 0 Å². The van der Waals surface area contributed by atoms with E-state index in [1.807, 2.05) is 27.7 Å². The van der Waals surface area contributed by atoms with Gasteiger partial charge < -0.3 is 14.6 Å². The first kappa shape index (κ1) is 24.1. The molecule has 0 aromatic rings. The summed E-state index contributed by atoms with van der Waals surface area (Å²) in [5.74, 6) is -0.206. The van der Waals surface area contributed by atoms with Gasteiger partial charge in [0, 0.05) is 18.1 Å². The van der Waals surface area contributed by atoms with Gasteiger partial charge in [-0.05, 0) is 45.3 Å². The molecule has 0 spiro atoms. The van der Waals surface area contributed by atoms with Crippen LogP contribution in [0, 0.1) is 5.92 Å². The summed E-state index contributed by atoms with van der Waals surface area (Å²) in [4.78, 5) is 13.2. The van der Waals surface area contributed by atoms with E-state index in [0.29, 0.717) is 13.0 Å². The van der Waals surface area contributed by atoms with Gasteiger partial charge in [0.2, 0.25) is 0 Å². The Balaban J connectivity index is 5.42. The van der Waals surface area contributed by atoms with Crippen LogP contribution in [0.4, 0.5) is 4.79 Å². The summed E-state index contributed by atoms with van der Waals surface area (Å²) in [5, 5.41) is 20.5. The lowest BCUT2D eigenvalue weighted by Crippen LogP contribution is -2.57. The van der Waals surface area contributed by atoms with Crippen molar-refractivity contribution < 1.29 is 19.4 Å². The summed E-state index contributed by atoms with van der Waals surface area (Å²) in [5.41, 5.74) is -0.616. The average molecular weight is 374 g/mol. The molecule has 1 amide bonds. The lowest BCUT2D eigenvalue weighted by molar-refractivity contribution is -0.0148. The van der Waals surface area contributed by atoms with E-state index in [4.69, 9.17) is 4.43 Å². The number of aliphatic hydroxyl groups is 1. The summed E-state index contributed by atoms with van der Waals surface area (Å²) in [6.45, 7) is 22.4. The third-order valence-corrected chi connectivity index (χ3v) is 9.79. The third-order valence-electron chi connectivity index (χ3n) is 5.25. The van der Waals surface area contributed by atoms with E-state index in [9.17, 15) is 15.0 Å². The van der Waals surface area contributed by atoms with Crippen LogP contribution in [0.15, 0.2) is 12.7 Å². The van der Waals surface area contributed by atoms with Gasteiger partial charge in [-0.15, -0.1) is 6.58 Å². The molecule has 0 aliphatic rings. The lowest BCUT2D eigenvalue weighted by Gasteiger charge is -2.43. The standard InChI is InChI=1S/C19H39NO4Si/c1-11-14(2)16(21)15(20(17(22)23)18(3,4)5)12-13-24-25(9,10)19(6,7)8/h11,14-16,21H,1,12-13H2,2-10H3,(H,22,23)/t14-,15-,16+/m1/s1. The first-order chi connectivity index (χ1) is 11.1. The molecule has 3 atom stereocenters. The summed E-state index contributed by atoms with van der Waals surface area (Å²) >= 11 is 0. The Bertz CT molecular complexity index is 451. The lowest BCUT2D eigenvalue weighted by atomic mass is 9.91. The van der Waals surface area contributed by atoms with E-state index in [1.165, 1.54) is 4.90 Å². The topological polar surface area (TPSA) is 70.0 Å². The number of rotatable bonds is 8. The van der Waals surface area contributed by atoms with Crippen molar-refractivity contribution in [2.24, 2.45) is 5.92 Å². The second-order valence-electron chi connectivity index (χ2n) is 9.37. The molecular formula is C19H39NO4Si. The van der Waals surface area contributed by atoms with Gasteiger partial charge in [0.25, 0.3) is 0 Å². The van der Waals surface area contributed by atoms with Crippen molar-refractivity contribution in [2.75, 3.05) is 6.61 Å². The predicted octanol–water partition coefficient (Wildman–Crippen LogP) is 4.73. The van der Waals surface area contributed by atoms with E-state index < -0.39 is 32.1 Å². The fourth-order valence-corrected chi connectivity index (χ4v) is 3.58. The van der Waals surface area contributed by atoms with Gasteiger partial charge in [0.15, 0.2) is 8.32 Å². The number of nitrogens with zero attached hydrogens (tertiary/aromatic N) is 1. The number of carboxylic acid groups (broad SMARTS) is 1. The van der Waals surface area contributed by atoms with Crippen molar-refractivity contribution in [3.05, 3.63) is 12.7 Å². The quantitative estimate of drug-likeness (QED) is 0.477. The van der Waals surface area contributed by atoms with Gasteiger partial charge >= 0.3 is 6.09 Å². The molecular weight excluding hydrogens is 334 g/mol. The van der Waals surface area contributed by atoms with Gasteiger partial charge in [-0.3, -0.25) is 4.90 Å². The first-order valence-corrected chi connectivity index (χ1v) is 11.9. The number of hydrogen-bond acceptors (Lipinski definition) is 3. The minimum atomic E-state index is -1.92. The molecule has 0 saturated carbocycles. The average Bonchev–Trinajstić information content (AvgIpc) is 2.41. The third kappa shape index (κ3) is 6.75. The molecule has 0 fully saturated rings. The highest BCUT2D eigenvalue weighted by molar-refractivity contribution is 6.74. The highest BCUT2D eigenvalue weighted by Crippen LogP contribution is 2.37. The molecule has 5 nitrogen and oxygen atoms in total. The Kier molecular flexibility index (Phi) is 8.39. The van der Waals surface area contributed by atoms with Gasteiger partial charge in [-0.25, -0.2) is 4.79 Å². The van der Waals surface area contributed by atoms with E-state index in [0.717, 1.165) is 0 Å². The molecule has 0 rings (SSSR count). The van der Waals surface area contributed by atoms with Crippen molar-refractivity contribution in [1.29, 1.82) is 0 Å². The molecule has 0 aliphatic carbocycles. The summed E-state index contributed by atoms with van der Waals surface area (Å²) in [6.07, 6.45) is 0.265. The molecule has 0 saturated heterocycles. The smallest absolute Gasteiger partial charge is 0.408 e. The summed E-state index contributed by atoms with van der Waals surface area (Å²) in [6, 6.07) is -0.546. The Hall–Kier alpha value is -0.853. The van der Waals surface area contributed by atoms with Crippen molar-refractivity contribution in [3.8, 4) is 0 Å². The molecule has 0 aromatic carbocycles. The van der Waals surface area contributed by atoms with E-state index in [1.54, 1.807) is 6.08 Å². The minimum absolute atomic E-state index is 0.0893. The molecule has 2 N–H and O–H groups in total. The molecule has 148 valence electrons. The minimum Gasteiger partial charge on any atom is -0.465 e. The van der Waals surface area contributed by atoms with Crippen LogP contribution in [0.5, 0.6) is 0 Å². The van der Waals surface area contributed by atoms with Crippen LogP contribution in [0.1, 0.15) is 54.9 Å². The normalized spacial score (nSPS) is 16.9. The monoisotopic (exact) mass is 373 g/mol. The molecule has 0 radical (unpaired) electrons. The van der Waals surface area contributed by atoms with Crippen LogP contribution >= 0.6 is 0 Å². The highest BCUT2D eigenvalue weighted by atomic mass is 28.4. The van der Waals surface area contributed by atoms with E-state index >= 15 is 0 Å². The van der Waals surface area contributed by atoms with Crippen molar-refractivity contribution in [1.82, 2.24) is 4.90 Å². The molecule has 0 heterocycles. The largest absolute Gasteiger partial charge is 0.465 e. The van der Waals surface area contributed by atoms with Crippen LogP contribution in [0.25, 0.3) is 0 Å². The second-order valence-corrected chi connectivity index (χ2v) is 14.2. The Morgan fingerprint density at radius 2 is 1.72 bits per heavy atom. The second kappa shape index (κ2) is 8.69. The molecule has 0 aliphatic heterocycles. The number of aliphatic hydroxyl groups excluding tert-OH is 1. The van der Waals surface area contributed by atoms with Crippen LogP contribution in [0.3, 0.4) is 0 Å².